The average molecular weight is 417 g/mol. The van der Waals surface area contributed by atoms with Crippen LogP contribution in [0.4, 0.5) is 0 Å². The Morgan fingerprint density at radius 2 is 1.77 bits per heavy atom. The standard InChI is InChI=1S/C27H32N2O2/c1-19(25-13-7-9-21-8-4-5-12-26(21)25)28-24-11-6-10-23(18-24)20-14-16-22(17-15-20)27(30)29(2)31-3/h4-5,7-9,12-17,19,23-24,28H,6,10-11,18H2,1-3H3/t19?,23-,24?/m1/s1. The van der Waals surface area contributed by atoms with Gasteiger partial charge in [0.05, 0.1) is 7.11 Å². The van der Waals surface area contributed by atoms with E-state index in [0.717, 1.165) is 6.42 Å². The van der Waals surface area contributed by atoms with Gasteiger partial charge >= 0.3 is 0 Å². The summed E-state index contributed by atoms with van der Waals surface area (Å²) in [5.41, 5.74) is 3.34. The highest BCUT2D eigenvalue weighted by Gasteiger charge is 2.25. The van der Waals surface area contributed by atoms with Crippen LogP contribution >= 0.6 is 0 Å². The second-order valence-electron chi connectivity index (χ2n) is 8.62. The van der Waals surface area contributed by atoms with Crippen LogP contribution < -0.4 is 5.32 Å². The number of carbonyl (C=O) groups excluding carboxylic acids is 1. The van der Waals surface area contributed by atoms with Crippen molar-refractivity contribution in [2.45, 2.75) is 50.6 Å². The van der Waals surface area contributed by atoms with E-state index in [2.05, 4.69) is 66.8 Å². The monoisotopic (exact) mass is 416 g/mol. The maximum atomic E-state index is 12.3. The summed E-state index contributed by atoms with van der Waals surface area (Å²) < 4.78 is 0. The lowest BCUT2D eigenvalue weighted by Gasteiger charge is -2.32. The van der Waals surface area contributed by atoms with Crippen molar-refractivity contribution < 1.29 is 9.63 Å². The molecule has 0 bridgehead atoms. The predicted molar refractivity (Wildman–Crippen MR) is 126 cm³/mol. The van der Waals surface area contributed by atoms with Gasteiger partial charge in [0, 0.05) is 24.7 Å². The predicted octanol–water partition coefficient (Wildman–Crippen LogP) is 5.85. The van der Waals surface area contributed by atoms with Gasteiger partial charge in [-0.1, -0.05) is 61.0 Å². The Labute approximate surface area is 185 Å². The van der Waals surface area contributed by atoms with E-state index in [1.54, 1.807) is 7.05 Å². The maximum Gasteiger partial charge on any atom is 0.277 e. The molecule has 1 aliphatic rings. The van der Waals surface area contributed by atoms with Gasteiger partial charge in [0.15, 0.2) is 0 Å². The average Bonchev–Trinajstić information content (AvgIpc) is 2.83. The number of rotatable bonds is 6. The minimum Gasteiger partial charge on any atom is -0.307 e. The first-order valence-corrected chi connectivity index (χ1v) is 11.2. The van der Waals surface area contributed by atoms with Crippen LogP contribution in [0.3, 0.4) is 0 Å². The number of hydrogen-bond donors (Lipinski definition) is 1. The number of nitrogens with zero attached hydrogens (tertiary/aromatic N) is 1. The zero-order chi connectivity index (χ0) is 21.8. The van der Waals surface area contributed by atoms with Crippen molar-refractivity contribution in [3.8, 4) is 0 Å². The summed E-state index contributed by atoms with van der Waals surface area (Å²) in [7, 11) is 3.13. The molecule has 3 atom stereocenters. The minimum absolute atomic E-state index is 0.124. The quantitative estimate of drug-likeness (QED) is 0.513. The molecule has 3 aromatic carbocycles. The normalized spacial score (nSPS) is 19.8. The third-order valence-corrected chi connectivity index (χ3v) is 6.64. The van der Waals surface area contributed by atoms with Gasteiger partial charge in [-0.25, -0.2) is 5.06 Å². The van der Waals surface area contributed by atoms with E-state index >= 15 is 0 Å². The first-order chi connectivity index (χ1) is 15.1. The largest absolute Gasteiger partial charge is 0.307 e. The SMILES string of the molecule is CON(C)C(=O)c1ccc([C@@H]2CCCC(NC(C)c3cccc4ccccc34)C2)cc1. The molecule has 0 saturated heterocycles. The fraction of sp³-hybridized carbons (Fsp3) is 0.370. The molecule has 0 heterocycles. The smallest absolute Gasteiger partial charge is 0.277 e. The molecule has 0 aromatic heterocycles. The Morgan fingerprint density at radius 1 is 1.03 bits per heavy atom. The van der Waals surface area contributed by atoms with Crippen LogP contribution in [-0.2, 0) is 4.84 Å². The summed E-state index contributed by atoms with van der Waals surface area (Å²) >= 11 is 0. The second-order valence-corrected chi connectivity index (χ2v) is 8.62. The van der Waals surface area contributed by atoms with Gasteiger partial charge < -0.3 is 5.32 Å². The summed E-state index contributed by atoms with van der Waals surface area (Å²) in [5, 5.41) is 7.78. The van der Waals surface area contributed by atoms with E-state index in [1.807, 2.05) is 12.1 Å². The van der Waals surface area contributed by atoms with Crippen LogP contribution in [0.15, 0.2) is 66.7 Å². The zero-order valence-electron chi connectivity index (χ0n) is 18.7. The van der Waals surface area contributed by atoms with Crippen LogP contribution in [0.5, 0.6) is 0 Å². The van der Waals surface area contributed by atoms with E-state index in [4.69, 9.17) is 4.84 Å². The molecule has 4 heteroatoms. The van der Waals surface area contributed by atoms with Crippen molar-refractivity contribution in [2.24, 2.45) is 0 Å². The molecule has 31 heavy (non-hydrogen) atoms. The zero-order valence-corrected chi connectivity index (χ0v) is 18.7. The first-order valence-electron chi connectivity index (χ1n) is 11.2. The van der Waals surface area contributed by atoms with Gasteiger partial charge in [-0.2, -0.15) is 0 Å². The number of fused-ring (bicyclic) bond motifs is 1. The lowest BCUT2D eigenvalue weighted by molar-refractivity contribution is -0.0757. The van der Waals surface area contributed by atoms with E-state index in [-0.39, 0.29) is 5.91 Å². The first kappa shape index (κ1) is 21.5. The third kappa shape index (κ3) is 4.81. The fourth-order valence-electron chi connectivity index (χ4n) is 4.88. The molecule has 2 unspecified atom stereocenters. The molecule has 1 aliphatic carbocycles. The fourth-order valence-corrected chi connectivity index (χ4v) is 4.88. The third-order valence-electron chi connectivity index (χ3n) is 6.64. The van der Waals surface area contributed by atoms with Gasteiger partial charge in [0.25, 0.3) is 5.91 Å². The van der Waals surface area contributed by atoms with Crippen LogP contribution in [-0.4, -0.2) is 31.2 Å². The molecule has 0 radical (unpaired) electrons. The highest BCUT2D eigenvalue weighted by atomic mass is 16.7. The van der Waals surface area contributed by atoms with E-state index < -0.39 is 0 Å². The number of nitrogens with one attached hydrogen (secondary N) is 1. The Bertz CT molecular complexity index is 1030. The topological polar surface area (TPSA) is 41.6 Å². The Kier molecular flexibility index (Phi) is 6.69. The van der Waals surface area contributed by atoms with Crippen molar-refractivity contribution in [1.82, 2.24) is 10.4 Å². The summed E-state index contributed by atoms with van der Waals surface area (Å²) in [6, 6.07) is 24.1. The van der Waals surface area contributed by atoms with Crippen LogP contribution in [0.25, 0.3) is 10.8 Å². The Hall–Kier alpha value is -2.69. The lowest BCUT2D eigenvalue weighted by Crippen LogP contribution is -2.35. The molecule has 1 fully saturated rings. The number of carbonyl (C=O) groups is 1. The summed E-state index contributed by atoms with van der Waals surface area (Å²) in [6.07, 6.45) is 4.75. The molecule has 4 nitrogen and oxygen atoms in total. The highest BCUT2D eigenvalue weighted by Crippen LogP contribution is 2.34. The van der Waals surface area contributed by atoms with Gasteiger partial charge in [-0.15, -0.1) is 0 Å². The highest BCUT2D eigenvalue weighted by molar-refractivity contribution is 5.93. The van der Waals surface area contributed by atoms with Gasteiger partial charge in [-0.05, 0) is 66.1 Å². The second kappa shape index (κ2) is 9.63. The van der Waals surface area contributed by atoms with Gasteiger partial charge in [0.1, 0.15) is 0 Å². The molecule has 4 rings (SSSR count). The van der Waals surface area contributed by atoms with Gasteiger partial charge in [-0.3, -0.25) is 9.63 Å². The number of amides is 1. The number of hydroxylamine groups is 2. The van der Waals surface area contributed by atoms with Gasteiger partial charge in [0.2, 0.25) is 0 Å². The van der Waals surface area contributed by atoms with Crippen molar-refractivity contribution >= 4 is 16.7 Å². The summed E-state index contributed by atoms with van der Waals surface area (Å²) in [5.74, 6) is 0.399. The molecule has 3 aromatic rings. The van der Waals surface area contributed by atoms with Crippen LogP contribution in [0.2, 0.25) is 0 Å². The van der Waals surface area contributed by atoms with Crippen molar-refractivity contribution in [2.75, 3.05) is 14.2 Å². The molecule has 1 saturated carbocycles. The maximum absolute atomic E-state index is 12.3. The van der Waals surface area contributed by atoms with Crippen LogP contribution in [0.1, 0.15) is 66.1 Å². The Morgan fingerprint density at radius 3 is 2.55 bits per heavy atom. The molecule has 162 valence electrons. The van der Waals surface area contributed by atoms with Crippen molar-refractivity contribution in [3.63, 3.8) is 0 Å². The van der Waals surface area contributed by atoms with E-state index in [0.29, 0.717) is 23.6 Å². The molecule has 1 amide bonds. The van der Waals surface area contributed by atoms with Crippen molar-refractivity contribution in [1.29, 1.82) is 0 Å². The molecule has 1 N–H and O–H groups in total. The number of hydrogen-bond acceptors (Lipinski definition) is 3. The van der Waals surface area contributed by atoms with E-state index in [9.17, 15) is 4.79 Å². The molecular weight excluding hydrogens is 384 g/mol. The molecular formula is C27H32N2O2. The van der Waals surface area contributed by atoms with Crippen LogP contribution in [0, 0.1) is 0 Å². The minimum atomic E-state index is -0.124. The van der Waals surface area contributed by atoms with Crippen molar-refractivity contribution in [3.05, 3.63) is 83.4 Å². The van der Waals surface area contributed by atoms with E-state index in [1.165, 1.54) is 53.3 Å². The molecule has 0 aliphatic heterocycles. The number of benzene rings is 3. The summed E-state index contributed by atoms with van der Waals surface area (Å²) in [4.78, 5) is 17.3. The lowest BCUT2D eigenvalue weighted by atomic mass is 9.80. The summed E-state index contributed by atoms with van der Waals surface area (Å²) in [6.45, 7) is 2.28. The Balaban J connectivity index is 1.43. The molecule has 0 spiro atoms.